The number of imidazole rings is 1. The largest absolute Gasteiger partial charge is 0.333 e. The average molecular weight is 348 g/mol. The van der Waals surface area contributed by atoms with Crippen LogP contribution in [0.15, 0.2) is 50.9 Å². The van der Waals surface area contributed by atoms with Gasteiger partial charge in [-0.3, -0.25) is 0 Å². The van der Waals surface area contributed by atoms with E-state index in [2.05, 4.69) is 51.0 Å². The Morgan fingerprint density at radius 3 is 2.95 bits per heavy atom. The van der Waals surface area contributed by atoms with Crippen molar-refractivity contribution in [3.63, 3.8) is 0 Å². The van der Waals surface area contributed by atoms with Gasteiger partial charge in [0.15, 0.2) is 5.16 Å². The molecule has 2 aromatic carbocycles. The van der Waals surface area contributed by atoms with Crippen molar-refractivity contribution in [2.75, 3.05) is 0 Å². The number of nitrogens with two attached hydrogens (primary N) is 1. The molecule has 0 unspecified atom stereocenters. The maximum Gasteiger partial charge on any atom is 0.171 e. The third-order valence-electron chi connectivity index (χ3n) is 3.10. The second-order valence-corrected chi connectivity index (χ2v) is 6.47. The maximum absolute atomic E-state index is 5.83. The number of fused-ring (bicyclic) bond motifs is 1. The van der Waals surface area contributed by atoms with Gasteiger partial charge in [0.2, 0.25) is 0 Å². The molecule has 102 valence electrons. The number of hydrogen-bond acceptors (Lipinski definition) is 3. The highest BCUT2D eigenvalue weighted by atomic mass is 79.9. The van der Waals surface area contributed by atoms with E-state index in [4.69, 9.17) is 5.73 Å². The second kappa shape index (κ2) is 5.60. The van der Waals surface area contributed by atoms with E-state index in [0.29, 0.717) is 6.54 Å². The van der Waals surface area contributed by atoms with Crippen molar-refractivity contribution in [1.29, 1.82) is 0 Å². The van der Waals surface area contributed by atoms with Gasteiger partial charge >= 0.3 is 0 Å². The van der Waals surface area contributed by atoms with Gasteiger partial charge in [0.05, 0.1) is 11.0 Å². The van der Waals surface area contributed by atoms with E-state index in [-0.39, 0.29) is 0 Å². The number of hydrogen-bond donors (Lipinski definition) is 2. The molecule has 0 radical (unpaired) electrons. The Labute approximate surface area is 130 Å². The van der Waals surface area contributed by atoms with Crippen molar-refractivity contribution < 1.29 is 0 Å². The zero-order chi connectivity index (χ0) is 14.1. The third kappa shape index (κ3) is 2.61. The van der Waals surface area contributed by atoms with Crippen molar-refractivity contribution in [3.8, 4) is 0 Å². The number of aromatic amines is 1. The summed E-state index contributed by atoms with van der Waals surface area (Å²) in [5.41, 5.74) is 10.2. The van der Waals surface area contributed by atoms with Crippen molar-refractivity contribution in [3.05, 3.63) is 52.0 Å². The minimum atomic E-state index is 0.503. The molecular formula is C15H14BrN3S. The fourth-order valence-corrected chi connectivity index (χ4v) is 3.72. The second-order valence-electron chi connectivity index (χ2n) is 4.59. The number of rotatable bonds is 3. The zero-order valence-corrected chi connectivity index (χ0v) is 13.4. The van der Waals surface area contributed by atoms with E-state index in [9.17, 15) is 0 Å². The number of aromatic nitrogens is 2. The fourth-order valence-electron chi connectivity index (χ4n) is 2.09. The van der Waals surface area contributed by atoms with Crippen LogP contribution in [0.25, 0.3) is 11.0 Å². The van der Waals surface area contributed by atoms with Crippen LogP contribution in [0.5, 0.6) is 0 Å². The number of benzene rings is 2. The van der Waals surface area contributed by atoms with Crippen LogP contribution in [0, 0.1) is 6.92 Å². The first-order chi connectivity index (χ1) is 9.67. The first-order valence-electron chi connectivity index (χ1n) is 6.29. The quantitative estimate of drug-likeness (QED) is 0.744. The molecule has 3 rings (SSSR count). The average Bonchev–Trinajstić information content (AvgIpc) is 2.80. The van der Waals surface area contributed by atoms with Crippen molar-refractivity contribution >= 4 is 38.7 Å². The van der Waals surface area contributed by atoms with E-state index in [0.717, 1.165) is 31.1 Å². The molecule has 20 heavy (non-hydrogen) atoms. The van der Waals surface area contributed by atoms with Crippen LogP contribution in [0.1, 0.15) is 11.1 Å². The molecule has 0 bridgehead atoms. The molecule has 0 aliphatic heterocycles. The molecule has 0 saturated heterocycles. The van der Waals surface area contributed by atoms with E-state index in [1.54, 1.807) is 11.8 Å². The molecule has 0 aliphatic rings. The molecule has 0 aliphatic carbocycles. The van der Waals surface area contributed by atoms with E-state index in [1.165, 1.54) is 5.56 Å². The van der Waals surface area contributed by atoms with Gasteiger partial charge in [0.1, 0.15) is 0 Å². The minimum Gasteiger partial charge on any atom is -0.333 e. The van der Waals surface area contributed by atoms with Gasteiger partial charge in [-0.1, -0.05) is 39.8 Å². The van der Waals surface area contributed by atoms with Gasteiger partial charge in [0, 0.05) is 15.9 Å². The number of halogens is 1. The summed E-state index contributed by atoms with van der Waals surface area (Å²) in [6.45, 7) is 2.58. The molecular weight excluding hydrogens is 334 g/mol. The summed E-state index contributed by atoms with van der Waals surface area (Å²) in [5.74, 6) is 0. The standard InChI is InChI=1S/C15H14BrN3S/c1-9-5-6-12-13(7-9)19-15(18-12)20-14-4-2-3-11(16)10(14)8-17/h2-7H,8,17H2,1H3,(H,18,19). The first-order valence-corrected chi connectivity index (χ1v) is 7.90. The van der Waals surface area contributed by atoms with Crippen LogP contribution >= 0.6 is 27.7 Å². The van der Waals surface area contributed by atoms with E-state index < -0.39 is 0 Å². The van der Waals surface area contributed by atoms with Crippen molar-refractivity contribution in [1.82, 2.24) is 9.97 Å². The predicted octanol–water partition coefficient (Wildman–Crippen LogP) is 4.24. The summed E-state index contributed by atoms with van der Waals surface area (Å²) >= 11 is 5.15. The molecule has 1 aromatic heterocycles. The molecule has 3 nitrogen and oxygen atoms in total. The Balaban J connectivity index is 1.99. The molecule has 0 atom stereocenters. The molecule has 0 spiro atoms. The molecule has 5 heteroatoms. The van der Waals surface area contributed by atoms with Gasteiger partial charge in [-0.05, 0) is 42.3 Å². The smallest absolute Gasteiger partial charge is 0.171 e. The molecule has 1 heterocycles. The summed E-state index contributed by atoms with van der Waals surface area (Å²) in [7, 11) is 0. The van der Waals surface area contributed by atoms with Crippen LogP contribution < -0.4 is 5.73 Å². The highest BCUT2D eigenvalue weighted by Gasteiger charge is 2.09. The summed E-state index contributed by atoms with van der Waals surface area (Å²) in [5, 5.41) is 0.887. The van der Waals surface area contributed by atoms with E-state index in [1.807, 2.05) is 18.2 Å². The molecule has 0 saturated carbocycles. The number of H-pyrrole nitrogens is 1. The van der Waals surface area contributed by atoms with E-state index >= 15 is 0 Å². The van der Waals surface area contributed by atoms with Gasteiger partial charge < -0.3 is 10.7 Å². The SMILES string of the molecule is Cc1ccc2nc(Sc3cccc(Br)c3CN)[nH]c2c1. The van der Waals surface area contributed by atoms with Gasteiger partial charge in [0.25, 0.3) is 0 Å². The normalized spacial score (nSPS) is 11.2. The van der Waals surface area contributed by atoms with Crippen LogP contribution in [0.3, 0.4) is 0 Å². The number of nitrogens with one attached hydrogen (secondary N) is 1. The lowest BCUT2D eigenvalue weighted by atomic mass is 10.2. The zero-order valence-electron chi connectivity index (χ0n) is 11.0. The summed E-state index contributed by atoms with van der Waals surface area (Å²) in [4.78, 5) is 9.08. The monoisotopic (exact) mass is 347 g/mol. The number of aryl methyl sites for hydroxylation is 1. The Morgan fingerprint density at radius 1 is 1.30 bits per heavy atom. The van der Waals surface area contributed by atoms with Gasteiger partial charge in [-0.2, -0.15) is 0 Å². The Bertz CT molecular complexity index is 767. The van der Waals surface area contributed by atoms with Crippen LogP contribution in [-0.4, -0.2) is 9.97 Å². The maximum atomic E-state index is 5.83. The summed E-state index contributed by atoms with van der Waals surface area (Å²) in [6.07, 6.45) is 0. The van der Waals surface area contributed by atoms with Crippen molar-refractivity contribution in [2.45, 2.75) is 23.5 Å². The van der Waals surface area contributed by atoms with Crippen LogP contribution in [0.2, 0.25) is 0 Å². The minimum absolute atomic E-state index is 0.503. The molecule has 0 fully saturated rings. The molecule has 3 aromatic rings. The Hall–Kier alpha value is -1.30. The van der Waals surface area contributed by atoms with Crippen LogP contribution in [-0.2, 0) is 6.54 Å². The Morgan fingerprint density at radius 2 is 2.15 bits per heavy atom. The first kappa shape index (κ1) is 13.7. The third-order valence-corrected chi connectivity index (χ3v) is 4.83. The van der Waals surface area contributed by atoms with Gasteiger partial charge in [-0.15, -0.1) is 0 Å². The Kier molecular flexibility index (Phi) is 3.83. The lowest BCUT2D eigenvalue weighted by molar-refractivity contribution is 1.01. The summed E-state index contributed by atoms with van der Waals surface area (Å²) < 4.78 is 1.04. The molecule has 3 N–H and O–H groups in total. The van der Waals surface area contributed by atoms with Crippen molar-refractivity contribution in [2.24, 2.45) is 5.73 Å². The highest BCUT2D eigenvalue weighted by molar-refractivity contribution is 9.10. The van der Waals surface area contributed by atoms with Gasteiger partial charge in [-0.25, -0.2) is 4.98 Å². The predicted molar refractivity (Wildman–Crippen MR) is 87.0 cm³/mol. The fraction of sp³-hybridized carbons (Fsp3) is 0.133. The van der Waals surface area contributed by atoms with Crippen LogP contribution in [0.4, 0.5) is 0 Å². The highest BCUT2D eigenvalue weighted by Crippen LogP contribution is 2.33. The number of nitrogens with zero attached hydrogens (tertiary/aromatic N) is 1. The lowest BCUT2D eigenvalue weighted by Gasteiger charge is -2.07. The lowest BCUT2D eigenvalue weighted by Crippen LogP contribution is -1.99. The molecule has 0 amide bonds. The summed E-state index contributed by atoms with van der Waals surface area (Å²) in [6, 6.07) is 12.3. The topological polar surface area (TPSA) is 54.7 Å².